The third kappa shape index (κ3) is 3.28. The molecular formula is C16H18BrNS. The molecule has 0 fully saturated rings. The molecule has 1 aliphatic carbocycles. The lowest BCUT2D eigenvalue weighted by Gasteiger charge is -2.19. The maximum absolute atomic E-state index is 3.74. The normalized spacial score (nSPS) is 18.9. The van der Waals surface area contributed by atoms with Gasteiger partial charge in [0.2, 0.25) is 0 Å². The average Bonchev–Trinajstić information content (AvgIpc) is 2.73. The second kappa shape index (κ2) is 6.21. The maximum atomic E-state index is 3.74. The molecule has 0 amide bonds. The van der Waals surface area contributed by atoms with E-state index in [1.165, 1.54) is 46.2 Å². The average molecular weight is 336 g/mol. The minimum Gasteiger partial charge on any atom is -0.305 e. The lowest BCUT2D eigenvalue weighted by molar-refractivity contribution is 0.491. The lowest BCUT2D eigenvalue weighted by atomic mass is 9.99. The Labute approximate surface area is 127 Å². The molecule has 0 spiro atoms. The van der Waals surface area contributed by atoms with Gasteiger partial charge in [-0.15, -0.1) is 11.3 Å². The molecule has 2 aromatic rings. The summed E-state index contributed by atoms with van der Waals surface area (Å²) in [4.78, 5) is 1.40. The monoisotopic (exact) mass is 335 g/mol. The third-order valence-electron chi connectivity index (χ3n) is 3.76. The molecule has 3 heteroatoms. The van der Waals surface area contributed by atoms with Crippen molar-refractivity contribution < 1.29 is 0 Å². The van der Waals surface area contributed by atoms with E-state index in [1.54, 1.807) is 0 Å². The van der Waals surface area contributed by atoms with Gasteiger partial charge in [-0.05, 0) is 52.4 Å². The molecule has 0 saturated heterocycles. The van der Waals surface area contributed by atoms with Crippen molar-refractivity contribution in [3.8, 4) is 0 Å². The number of aryl methyl sites for hydroxylation is 1. The van der Waals surface area contributed by atoms with Crippen LogP contribution in [0.1, 0.15) is 41.3 Å². The van der Waals surface area contributed by atoms with E-state index in [0.29, 0.717) is 6.04 Å². The summed E-state index contributed by atoms with van der Waals surface area (Å²) >= 11 is 5.33. The van der Waals surface area contributed by atoms with Gasteiger partial charge in [-0.1, -0.05) is 30.7 Å². The Hall–Kier alpha value is -0.640. The zero-order valence-corrected chi connectivity index (χ0v) is 13.3. The van der Waals surface area contributed by atoms with Crippen LogP contribution in [0.4, 0.5) is 0 Å². The summed E-state index contributed by atoms with van der Waals surface area (Å²) in [5.41, 5.74) is 3.04. The van der Waals surface area contributed by atoms with Crippen molar-refractivity contribution in [1.29, 1.82) is 0 Å². The second-order valence-electron chi connectivity index (χ2n) is 5.11. The highest BCUT2D eigenvalue weighted by molar-refractivity contribution is 9.10. The van der Waals surface area contributed by atoms with E-state index in [9.17, 15) is 0 Å². The topological polar surface area (TPSA) is 12.0 Å². The van der Waals surface area contributed by atoms with E-state index < -0.39 is 0 Å². The molecule has 1 aromatic heterocycles. The van der Waals surface area contributed by atoms with Crippen molar-refractivity contribution in [2.75, 3.05) is 0 Å². The number of halogens is 1. The van der Waals surface area contributed by atoms with Crippen LogP contribution < -0.4 is 5.32 Å². The first kappa shape index (κ1) is 13.3. The molecule has 100 valence electrons. The first-order valence-electron chi connectivity index (χ1n) is 6.87. The molecule has 1 heterocycles. The first-order valence-corrected chi connectivity index (χ1v) is 8.54. The van der Waals surface area contributed by atoms with Gasteiger partial charge < -0.3 is 5.32 Å². The van der Waals surface area contributed by atoms with Gasteiger partial charge >= 0.3 is 0 Å². The van der Waals surface area contributed by atoms with E-state index in [2.05, 4.69) is 57.0 Å². The van der Waals surface area contributed by atoms with Crippen molar-refractivity contribution in [2.24, 2.45) is 0 Å². The van der Waals surface area contributed by atoms with Crippen LogP contribution in [-0.4, -0.2) is 0 Å². The molecule has 19 heavy (non-hydrogen) atoms. The van der Waals surface area contributed by atoms with Crippen molar-refractivity contribution >= 4 is 27.3 Å². The summed E-state index contributed by atoms with van der Waals surface area (Å²) in [6.45, 7) is 0.968. The van der Waals surface area contributed by atoms with Gasteiger partial charge in [-0.3, -0.25) is 0 Å². The van der Waals surface area contributed by atoms with Gasteiger partial charge in [0, 0.05) is 27.3 Å². The molecule has 1 N–H and O–H groups in total. The fraction of sp³-hybridized carbons (Fsp3) is 0.375. The largest absolute Gasteiger partial charge is 0.305 e. The van der Waals surface area contributed by atoms with Gasteiger partial charge in [0.15, 0.2) is 0 Å². The second-order valence-corrected chi connectivity index (χ2v) is 7.02. The quantitative estimate of drug-likeness (QED) is 0.772. The number of hydrogen-bond donors (Lipinski definition) is 1. The fourth-order valence-corrected chi connectivity index (χ4v) is 4.21. The Morgan fingerprint density at radius 3 is 3.00 bits per heavy atom. The highest BCUT2D eigenvalue weighted by atomic mass is 79.9. The molecule has 1 atom stereocenters. The smallest absolute Gasteiger partial charge is 0.0326 e. The number of hydrogen-bond acceptors (Lipinski definition) is 2. The van der Waals surface area contributed by atoms with Crippen LogP contribution in [0.2, 0.25) is 0 Å². The highest BCUT2D eigenvalue weighted by Crippen LogP contribution is 2.29. The van der Waals surface area contributed by atoms with Gasteiger partial charge in [0.25, 0.3) is 0 Å². The Balaban J connectivity index is 1.73. The van der Waals surface area contributed by atoms with E-state index in [4.69, 9.17) is 0 Å². The molecule has 1 nitrogen and oxygen atoms in total. The van der Waals surface area contributed by atoms with Crippen LogP contribution in [0.5, 0.6) is 0 Å². The number of benzene rings is 1. The molecular weight excluding hydrogens is 318 g/mol. The van der Waals surface area contributed by atoms with Gasteiger partial charge in [0.05, 0.1) is 0 Å². The summed E-state index contributed by atoms with van der Waals surface area (Å²) in [7, 11) is 0. The van der Waals surface area contributed by atoms with E-state index in [-0.39, 0.29) is 0 Å². The van der Waals surface area contributed by atoms with Crippen molar-refractivity contribution in [3.63, 3.8) is 0 Å². The number of nitrogens with one attached hydrogen (secondary N) is 1. The van der Waals surface area contributed by atoms with Crippen LogP contribution in [0.25, 0.3) is 0 Å². The molecule has 1 unspecified atom stereocenters. The first-order chi connectivity index (χ1) is 9.33. The molecule has 0 bridgehead atoms. The van der Waals surface area contributed by atoms with Gasteiger partial charge in [0.1, 0.15) is 0 Å². The van der Waals surface area contributed by atoms with Crippen LogP contribution in [-0.2, 0) is 13.0 Å². The van der Waals surface area contributed by atoms with Crippen molar-refractivity contribution in [1.82, 2.24) is 5.32 Å². The molecule has 0 saturated carbocycles. The van der Waals surface area contributed by atoms with Crippen LogP contribution in [0.3, 0.4) is 0 Å². The SMILES string of the molecule is Brc1csc(CNC2CCCCc3ccccc32)c1. The van der Waals surface area contributed by atoms with Gasteiger partial charge in [-0.2, -0.15) is 0 Å². The molecule has 3 rings (SSSR count). The summed E-state index contributed by atoms with van der Waals surface area (Å²) in [5, 5.41) is 5.89. The lowest BCUT2D eigenvalue weighted by Crippen LogP contribution is -2.20. The minimum atomic E-state index is 0.513. The van der Waals surface area contributed by atoms with Gasteiger partial charge in [-0.25, -0.2) is 0 Å². The Bertz CT molecular complexity index is 549. The number of rotatable bonds is 3. The highest BCUT2D eigenvalue weighted by Gasteiger charge is 2.17. The van der Waals surface area contributed by atoms with Crippen LogP contribution in [0, 0.1) is 0 Å². The third-order valence-corrected chi connectivity index (χ3v) is 5.46. The number of fused-ring (bicyclic) bond motifs is 1. The summed E-state index contributed by atoms with van der Waals surface area (Å²) in [6, 6.07) is 11.6. The summed E-state index contributed by atoms with van der Waals surface area (Å²) in [5.74, 6) is 0. The molecule has 1 aromatic carbocycles. The van der Waals surface area contributed by atoms with E-state index in [0.717, 1.165) is 6.54 Å². The predicted octanol–water partition coefficient (Wildman–Crippen LogP) is 5.07. The molecule has 1 aliphatic rings. The zero-order valence-electron chi connectivity index (χ0n) is 10.9. The maximum Gasteiger partial charge on any atom is 0.0326 e. The van der Waals surface area contributed by atoms with E-state index in [1.807, 2.05) is 11.3 Å². The molecule has 0 radical (unpaired) electrons. The predicted molar refractivity (Wildman–Crippen MR) is 85.6 cm³/mol. The Morgan fingerprint density at radius 1 is 1.26 bits per heavy atom. The summed E-state index contributed by atoms with van der Waals surface area (Å²) in [6.07, 6.45) is 5.13. The van der Waals surface area contributed by atoms with Crippen molar-refractivity contribution in [3.05, 3.63) is 56.2 Å². The van der Waals surface area contributed by atoms with Crippen LogP contribution in [0.15, 0.2) is 40.2 Å². The standard InChI is InChI=1S/C16H18BrNS/c17-13-9-14(19-11-13)10-18-16-8-4-2-6-12-5-1-3-7-15(12)16/h1,3,5,7,9,11,16,18H,2,4,6,8,10H2. The number of thiophene rings is 1. The molecule has 0 aliphatic heterocycles. The Morgan fingerprint density at radius 2 is 2.16 bits per heavy atom. The van der Waals surface area contributed by atoms with Crippen molar-refractivity contribution in [2.45, 2.75) is 38.3 Å². The Kier molecular flexibility index (Phi) is 4.36. The van der Waals surface area contributed by atoms with E-state index >= 15 is 0 Å². The minimum absolute atomic E-state index is 0.513. The zero-order chi connectivity index (χ0) is 13.1. The fourth-order valence-electron chi connectivity index (χ4n) is 2.80. The van der Waals surface area contributed by atoms with Crippen LogP contribution >= 0.6 is 27.3 Å². The summed E-state index contributed by atoms with van der Waals surface area (Å²) < 4.78 is 1.19.